The molecule has 2 heterocycles. The molecule has 0 atom stereocenters. The summed E-state index contributed by atoms with van der Waals surface area (Å²) in [7, 11) is 3.11. The molecule has 0 spiro atoms. The number of halogens is 3. The highest BCUT2D eigenvalue weighted by Crippen LogP contribution is 2.32. The van der Waals surface area contributed by atoms with Gasteiger partial charge in [0.15, 0.2) is 5.65 Å². The standard InChI is InChI=1S/C28H23F3N6O3/c1-16-22(8-5-9-23(16)34-26(38)17-6-4-7-18(12-17)28(29,30)31)24-25-35-27(36-37(25)11-10-32-24)33-19-13-20(39-2)15-21(14-19)40-3/h4-15H,1-3H3,(H,33,36)(H,34,38). The van der Waals surface area contributed by atoms with Gasteiger partial charge < -0.3 is 20.1 Å². The number of nitrogens with zero attached hydrogens (tertiary/aromatic N) is 4. The van der Waals surface area contributed by atoms with Crippen molar-refractivity contribution in [2.45, 2.75) is 13.1 Å². The summed E-state index contributed by atoms with van der Waals surface area (Å²) in [6.45, 7) is 1.78. The molecule has 5 rings (SSSR count). The van der Waals surface area contributed by atoms with Crippen LogP contribution in [0, 0.1) is 6.92 Å². The second-order valence-corrected chi connectivity index (χ2v) is 8.72. The number of rotatable bonds is 7. The highest BCUT2D eigenvalue weighted by molar-refractivity contribution is 6.05. The van der Waals surface area contributed by atoms with Crippen LogP contribution in [-0.2, 0) is 6.18 Å². The van der Waals surface area contributed by atoms with E-state index in [0.29, 0.717) is 51.3 Å². The molecule has 204 valence electrons. The summed E-state index contributed by atoms with van der Waals surface area (Å²) in [6.07, 6.45) is -1.33. The first-order valence-corrected chi connectivity index (χ1v) is 12.0. The maximum atomic E-state index is 13.1. The Kier molecular flexibility index (Phi) is 6.99. The van der Waals surface area contributed by atoms with Crippen molar-refractivity contribution in [1.82, 2.24) is 19.6 Å². The largest absolute Gasteiger partial charge is 0.497 e. The third-order valence-electron chi connectivity index (χ3n) is 6.15. The molecule has 0 aliphatic carbocycles. The van der Waals surface area contributed by atoms with Crippen LogP contribution in [0.25, 0.3) is 16.9 Å². The zero-order valence-electron chi connectivity index (χ0n) is 21.6. The van der Waals surface area contributed by atoms with Crippen LogP contribution >= 0.6 is 0 Å². The maximum Gasteiger partial charge on any atom is 0.416 e. The lowest BCUT2D eigenvalue weighted by atomic mass is 10.0. The molecular weight excluding hydrogens is 525 g/mol. The highest BCUT2D eigenvalue weighted by Gasteiger charge is 2.31. The van der Waals surface area contributed by atoms with Crippen molar-refractivity contribution >= 4 is 28.9 Å². The zero-order chi connectivity index (χ0) is 28.4. The Labute approximate surface area is 226 Å². The van der Waals surface area contributed by atoms with Crippen molar-refractivity contribution in [1.29, 1.82) is 0 Å². The van der Waals surface area contributed by atoms with Gasteiger partial charge in [0.1, 0.15) is 17.2 Å². The number of amides is 1. The molecule has 12 heteroatoms. The number of methoxy groups -OCH3 is 2. The van der Waals surface area contributed by atoms with Gasteiger partial charge in [0.05, 0.1) is 19.8 Å². The van der Waals surface area contributed by atoms with Crippen LogP contribution in [0.4, 0.5) is 30.5 Å². The Morgan fingerprint density at radius 2 is 1.70 bits per heavy atom. The molecule has 0 bridgehead atoms. The van der Waals surface area contributed by atoms with Crippen molar-refractivity contribution in [3.63, 3.8) is 0 Å². The summed E-state index contributed by atoms with van der Waals surface area (Å²) in [5, 5.41) is 10.3. The Balaban J connectivity index is 1.46. The molecule has 2 aromatic heterocycles. The number of aromatic nitrogens is 4. The van der Waals surface area contributed by atoms with Gasteiger partial charge in [-0.3, -0.25) is 9.78 Å². The summed E-state index contributed by atoms with van der Waals surface area (Å²) in [5.41, 5.74) is 2.32. The minimum atomic E-state index is -4.55. The van der Waals surface area contributed by atoms with Gasteiger partial charge in [-0.2, -0.15) is 18.2 Å². The van der Waals surface area contributed by atoms with E-state index in [1.54, 1.807) is 68.4 Å². The van der Waals surface area contributed by atoms with E-state index in [0.717, 1.165) is 12.1 Å². The second kappa shape index (κ2) is 10.6. The number of hydrogen-bond donors (Lipinski definition) is 2. The summed E-state index contributed by atoms with van der Waals surface area (Å²) in [6, 6.07) is 14.7. The number of hydrogen-bond acceptors (Lipinski definition) is 7. The number of anilines is 3. The van der Waals surface area contributed by atoms with Gasteiger partial charge in [0.2, 0.25) is 5.95 Å². The number of benzene rings is 3. The highest BCUT2D eigenvalue weighted by atomic mass is 19.4. The first-order valence-electron chi connectivity index (χ1n) is 12.0. The first-order chi connectivity index (χ1) is 19.2. The third kappa shape index (κ3) is 5.37. The summed E-state index contributed by atoms with van der Waals surface area (Å²) < 4.78 is 51.5. The molecule has 9 nitrogen and oxygen atoms in total. The molecule has 0 fully saturated rings. The van der Waals surface area contributed by atoms with Crippen LogP contribution in [0.5, 0.6) is 11.5 Å². The lowest BCUT2D eigenvalue weighted by Gasteiger charge is -2.13. The van der Waals surface area contributed by atoms with E-state index >= 15 is 0 Å². The SMILES string of the molecule is COc1cc(Nc2nc3c(-c4cccc(NC(=O)c5cccc(C(F)(F)F)c5)c4C)nccn3n2)cc(OC)c1. The molecule has 0 aliphatic rings. The smallest absolute Gasteiger partial charge is 0.416 e. The van der Waals surface area contributed by atoms with Crippen LogP contribution in [0.3, 0.4) is 0 Å². The normalized spacial score (nSPS) is 11.3. The van der Waals surface area contributed by atoms with Crippen molar-refractivity contribution in [2.75, 3.05) is 24.9 Å². The Bertz CT molecular complexity index is 1700. The van der Waals surface area contributed by atoms with E-state index in [4.69, 9.17) is 9.47 Å². The minimum Gasteiger partial charge on any atom is -0.497 e. The van der Waals surface area contributed by atoms with E-state index in [9.17, 15) is 18.0 Å². The van der Waals surface area contributed by atoms with Crippen LogP contribution in [0.1, 0.15) is 21.5 Å². The Morgan fingerprint density at radius 3 is 2.40 bits per heavy atom. The van der Waals surface area contributed by atoms with Crippen LogP contribution in [0.2, 0.25) is 0 Å². The van der Waals surface area contributed by atoms with E-state index in [-0.39, 0.29) is 5.56 Å². The average Bonchev–Trinajstić information content (AvgIpc) is 3.36. The van der Waals surface area contributed by atoms with Crippen LogP contribution in [0.15, 0.2) is 73.1 Å². The molecule has 5 aromatic rings. The molecule has 40 heavy (non-hydrogen) atoms. The molecule has 0 radical (unpaired) electrons. The molecule has 0 unspecified atom stereocenters. The quantitative estimate of drug-likeness (QED) is 0.252. The number of nitrogens with one attached hydrogen (secondary N) is 2. The van der Waals surface area contributed by atoms with Crippen molar-refractivity contribution in [3.8, 4) is 22.8 Å². The summed E-state index contributed by atoms with van der Waals surface area (Å²) in [4.78, 5) is 21.9. The third-order valence-corrected chi connectivity index (χ3v) is 6.15. The monoisotopic (exact) mass is 548 g/mol. The van der Waals surface area contributed by atoms with Gasteiger partial charge in [-0.05, 0) is 36.8 Å². The number of fused-ring (bicyclic) bond motifs is 1. The molecule has 0 saturated heterocycles. The lowest BCUT2D eigenvalue weighted by Crippen LogP contribution is -2.14. The topological polar surface area (TPSA) is 103 Å². The predicted molar refractivity (Wildman–Crippen MR) is 143 cm³/mol. The molecule has 2 N–H and O–H groups in total. The summed E-state index contributed by atoms with van der Waals surface area (Å²) >= 11 is 0. The fourth-order valence-electron chi connectivity index (χ4n) is 4.13. The fourth-order valence-corrected chi connectivity index (χ4v) is 4.13. The average molecular weight is 549 g/mol. The number of carbonyl (C=O) groups excluding carboxylic acids is 1. The van der Waals surface area contributed by atoms with E-state index in [2.05, 4.69) is 25.7 Å². The van der Waals surface area contributed by atoms with E-state index < -0.39 is 17.6 Å². The molecule has 3 aromatic carbocycles. The summed E-state index contributed by atoms with van der Waals surface area (Å²) in [5.74, 6) is 0.816. The van der Waals surface area contributed by atoms with E-state index in [1.807, 2.05) is 6.07 Å². The fraction of sp³-hybridized carbons (Fsp3) is 0.143. The van der Waals surface area contributed by atoms with Gasteiger partial charge in [-0.1, -0.05) is 18.2 Å². The molecule has 0 saturated carbocycles. The van der Waals surface area contributed by atoms with Crippen molar-refractivity contribution < 1.29 is 27.4 Å². The lowest BCUT2D eigenvalue weighted by molar-refractivity contribution is -0.137. The van der Waals surface area contributed by atoms with Crippen molar-refractivity contribution in [3.05, 3.63) is 89.7 Å². The molecule has 0 aliphatic heterocycles. The van der Waals surface area contributed by atoms with Gasteiger partial charge in [-0.15, -0.1) is 5.10 Å². The minimum absolute atomic E-state index is 0.109. The number of carbonyl (C=O) groups is 1. The molecule has 1 amide bonds. The maximum absolute atomic E-state index is 13.1. The Hall–Kier alpha value is -5.13. The van der Waals surface area contributed by atoms with Crippen molar-refractivity contribution in [2.24, 2.45) is 0 Å². The Morgan fingerprint density at radius 1 is 0.975 bits per heavy atom. The van der Waals surface area contributed by atoms with Gasteiger partial charge in [0.25, 0.3) is 5.91 Å². The van der Waals surface area contributed by atoms with Gasteiger partial charge >= 0.3 is 6.18 Å². The number of alkyl halides is 3. The van der Waals surface area contributed by atoms with Gasteiger partial charge in [-0.25, -0.2) is 4.52 Å². The second-order valence-electron chi connectivity index (χ2n) is 8.72. The van der Waals surface area contributed by atoms with E-state index in [1.165, 1.54) is 12.1 Å². The van der Waals surface area contributed by atoms with Crippen LogP contribution in [-0.4, -0.2) is 39.7 Å². The van der Waals surface area contributed by atoms with Gasteiger partial charge in [0, 0.05) is 53.1 Å². The first kappa shape index (κ1) is 26.5. The zero-order valence-corrected chi connectivity index (χ0v) is 21.6. The molecular formula is C28H23F3N6O3. The predicted octanol–water partition coefficient (Wildman–Crippen LogP) is 6.13. The number of ether oxygens (including phenoxy) is 2. The van der Waals surface area contributed by atoms with Crippen LogP contribution < -0.4 is 20.1 Å².